The van der Waals surface area contributed by atoms with Crippen molar-refractivity contribution in [1.82, 2.24) is 0 Å². The van der Waals surface area contributed by atoms with Crippen LogP contribution in [0.5, 0.6) is 5.75 Å². The van der Waals surface area contributed by atoms with E-state index in [-0.39, 0.29) is 6.42 Å². The van der Waals surface area contributed by atoms with E-state index >= 15 is 0 Å². The number of aliphatic hydroxyl groups is 1. The fourth-order valence-electron chi connectivity index (χ4n) is 1.73. The molecule has 1 aliphatic heterocycles. The second kappa shape index (κ2) is 3.24. The number of oxime groups is 1. The van der Waals surface area contributed by atoms with E-state index in [1.165, 1.54) is 0 Å². The van der Waals surface area contributed by atoms with Gasteiger partial charge in [-0.2, -0.15) is 0 Å². The number of rotatable bonds is 0. The quantitative estimate of drug-likeness (QED) is 0.502. The first-order valence-corrected chi connectivity index (χ1v) is 4.75. The first kappa shape index (κ1) is 9.98. The Morgan fingerprint density at radius 1 is 1.47 bits per heavy atom. The van der Waals surface area contributed by atoms with E-state index in [9.17, 15) is 5.11 Å². The summed E-state index contributed by atoms with van der Waals surface area (Å²) in [6, 6.07) is 5.53. The van der Waals surface area contributed by atoms with Gasteiger partial charge >= 0.3 is 0 Å². The van der Waals surface area contributed by atoms with Crippen molar-refractivity contribution in [2.24, 2.45) is 5.16 Å². The Kier molecular flexibility index (Phi) is 2.16. The molecule has 1 aliphatic rings. The summed E-state index contributed by atoms with van der Waals surface area (Å²) in [5.74, 6) is -0.756. The molecule has 4 heteroatoms. The van der Waals surface area contributed by atoms with Gasteiger partial charge in [0.25, 0.3) is 0 Å². The van der Waals surface area contributed by atoms with Crippen molar-refractivity contribution < 1.29 is 15.1 Å². The number of nitrogens with zero attached hydrogens (tertiary/aromatic N) is 1. The van der Waals surface area contributed by atoms with E-state index in [1.807, 2.05) is 19.1 Å². The molecule has 1 atom stereocenters. The van der Waals surface area contributed by atoms with Crippen LogP contribution in [0.4, 0.5) is 0 Å². The number of fused-ring (bicyclic) bond motifs is 1. The Morgan fingerprint density at radius 2 is 2.20 bits per heavy atom. The third-order valence-electron chi connectivity index (χ3n) is 2.39. The maximum Gasteiger partial charge on any atom is 0.211 e. The molecular weight excluding hydrogens is 194 g/mol. The molecule has 15 heavy (non-hydrogen) atoms. The SMILES string of the molecule is Cc1ccc2c(c1)/C(=N\O)CC(C)(O)O2. The van der Waals surface area contributed by atoms with Crippen LogP contribution >= 0.6 is 0 Å². The summed E-state index contributed by atoms with van der Waals surface area (Å²) in [6.07, 6.45) is 0.181. The Hall–Kier alpha value is -1.55. The predicted molar refractivity (Wildman–Crippen MR) is 55.4 cm³/mol. The van der Waals surface area contributed by atoms with E-state index in [4.69, 9.17) is 9.94 Å². The average molecular weight is 207 g/mol. The van der Waals surface area contributed by atoms with Gasteiger partial charge in [-0.05, 0) is 19.1 Å². The topological polar surface area (TPSA) is 62.1 Å². The van der Waals surface area contributed by atoms with Gasteiger partial charge in [0, 0.05) is 12.5 Å². The summed E-state index contributed by atoms with van der Waals surface area (Å²) in [6.45, 7) is 3.49. The minimum Gasteiger partial charge on any atom is -0.462 e. The van der Waals surface area contributed by atoms with Crippen molar-refractivity contribution in [3.63, 3.8) is 0 Å². The monoisotopic (exact) mass is 207 g/mol. The molecule has 80 valence electrons. The van der Waals surface area contributed by atoms with Crippen molar-refractivity contribution in [2.45, 2.75) is 26.1 Å². The van der Waals surface area contributed by atoms with E-state index in [2.05, 4.69) is 5.16 Å². The summed E-state index contributed by atoms with van der Waals surface area (Å²) >= 11 is 0. The highest BCUT2D eigenvalue weighted by Gasteiger charge is 2.33. The molecule has 2 rings (SSSR count). The Morgan fingerprint density at radius 3 is 2.87 bits per heavy atom. The fourth-order valence-corrected chi connectivity index (χ4v) is 1.73. The molecule has 0 saturated carbocycles. The van der Waals surface area contributed by atoms with E-state index < -0.39 is 5.79 Å². The molecule has 0 aromatic heterocycles. The Labute approximate surface area is 87.8 Å². The second-order valence-corrected chi connectivity index (χ2v) is 4.00. The van der Waals surface area contributed by atoms with Crippen LogP contribution < -0.4 is 4.74 Å². The van der Waals surface area contributed by atoms with Gasteiger partial charge in [0.15, 0.2) is 0 Å². The molecule has 0 saturated heterocycles. The lowest BCUT2D eigenvalue weighted by Gasteiger charge is -2.31. The summed E-state index contributed by atoms with van der Waals surface area (Å²) in [7, 11) is 0. The molecule has 2 N–H and O–H groups in total. The molecule has 0 radical (unpaired) electrons. The van der Waals surface area contributed by atoms with Crippen LogP contribution in [0.25, 0.3) is 0 Å². The average Bonchev–Trinajstić information content (AvgIpc) is 2.16. The van der Waals surface area contributed by atoms with Crippen molar-refractivity contribution in [2.75, 3.05) is 0 Å². The predicted octanol–water partition coefficient (Wildman–Crippen LogP) is 1.66. The molecule has 0 fully saturated rings. The fraction of sp³-hybridized carbons (Fsp3) is 0.364. The molecule has 1 heterocycles. The lowest BCUT2D eigenvalue weighted by Crippen LogP contribution is -2.39. The molecule has 1 aromatic carbocycles. The Balaban J connectivity index is 2.55. The summed E-state index contributed by atoms with van der Waals surface area (Å²) < 4.78 is 5.37. The second-order valence-electron chi connectivity index (χ2n) is 4.00. The minimum absolute atomic E-state index is 0.181. The van der Waals surface area contributed by atoms with E-state index in [0.29, 0.717) is 11.5 Å². The van der Waals surface area contributed by atoms with Gasteiger partial charge in [-0.3, -0.25) is 0 Å². The molecule has 0 aliphatic carbocycles. The lowest BCUT2D eigenvalue weighted by atomic mass is 9.97. The largest absolute Gasteiger partial charge is 0.462 e. The first-order chi connectivity index (χ1) is 7.02. The van der Waals surface area contributed by atoms with Gasteiger partial charge in [-0.1, -0.05) is 16.8 Å². The maximum absolute atomic E-state index is 9.78. The van der Waals surface area contributed by atoms with E-state index in [0.717, 1.165) is 11.1 Å². The zero-order valence-corrected chi connectivity index (χ0v) is 8.69. The molecule has 4 nitrogen and oxygen atoms in total. The van der Waals surface area contributed by atoms with Crippen LogP contribution in [0.15, 0.2) is 23.4 Å². The number of hydrogen-bond donors (Lipinski definition) is 2. The maximum atomic E-state index is 9.78. The Bertz CT molecular complexity index is 424. The molecule has 1 aromatic rings. The normalized spacial score (nSPS) is 27.3. The highest BCUT2D eigenvalue weighted by Crippen LogP contribution is 2.32. The van der Waals surface area contributed by atoms with Crippen molar-refractivity contribution in [1.29, 1.82) is 0 Å². The van der Waals surface area contributed by atoms with Crippen molar-refractivity contribution in [3.8, 4) is 5.75 Å². The standard InChI is InChI=1S/C11H13NO3/c1-7-3-4-10-8(5-7)9(12-14)6-11(2,13)15-10/h3-5,13-14H,6H2,1-2H3/b12-9-. The van der Waals surface area contributed by atoms with Crippen molar-refractivity contribution in [3.05, 3.63) is 29.3 Å². The number of ether oxygens (including phenoxy) is 1. The van der Waals surface area contributed by atoms with Gasteiger partial charge in [-0.15, -0.1) is 0 Å². The lowest BCUT2D eigenvalue weighted by molar-refractivity contribution is -0.118. The van der Waals surface area contributed by atoms with Gasteiger partial charge in [-0.25, -0.2) is 0 Å². The van der Waals surface area contributed by atoms with Gasteiger partial charge in [0.2, 0.25) is 5.79 Å². The van der Waals surface area contributed by atoms with E-state index in [1.54, 1.807) is 13.0 Å². The highest BCUT2D eigenvalue weighted by molar-refractivity contribution is 6.04. The summed E-state index contributed by atoms with van der Waals surface area (Å²) in [4.78, 5) is 0. The molecule has 0 spiro atoms. The number of benzene rings is 1. The molecule has 0 bridgehead atoms. The third kappa shape index (κ3) is 1.80. The van der Waals surface area contributed by atoms with Gasteiger partial charge in [0.05, 0.1) is 12.1 Å². The highest BCUT2D eigenvalue weighted by atomic mass is 16.6. The summed E-state index contributed by atoms with van der Waals surface area (Å²) in [5.41, 5.74) is 2.24. The van der Waals surface area contributed by atoms with Gasteiger partial charge in [0.1, 0.15) is 5.75 Å². The van der Waals surface area contributed by atoms with Gasteiger partial charge < -0.3 is 15.1 Å². The number of aryl methyl sites for hydroxylation is 1. The molecular formula is C11H13NO3. The minimum atomic E-state index is -1.30. The zero-order valence-electron chi connectivity index (χ0n) is 8.69. The first-order valence-electron chi connectivity index (χ1n) is 4.75. The number of hydrogen-bond acceptors (Lipinski definition) is 4. The smallest absolute Gasteiger partial charge is 0.211 e. The van der Waals surface area contributed by atoms with Crippen LogP contribution in [0, 0.1) is 6.92 Å². The van der Waals surface area contributed by atoms with Crippen LogP contribution in [-0.2, 0) is 0 Å². The third-order valence-corrected chi connectivity index (χ3v) is 2.39. The zero-order chi connectivity index (χ0) is 11.1. The van der Waals surface area contributed by atoms with Crippen LogP contribution in [0.2, 0.25) is 0 Å². The molecule has 1 unspecified atom stereocenters. The summed E-state index contributed by atoms with van der Waals surface area (Å²) in [5, 5.41) is 21.9. The van der Waals surface area contributed by atoms with Crippen LogP contribution in [0.3, 0.4) is 0 Å². The van der Waals surface area contributed by atoms with Crippen molar-refractivity contribution >= 4 is 5.71 Å². The van der Waals surface area contributed by atoms with Crippen LogP contribution in [-0.4, -0.2) is 21.8 Å². The molecule has 0 amide bonds. The van der Waals surface area contributed by atoms with Crippen LogP contribution in [0.1, 0.15) is 24.5 Å².